The van der Waals surface area contributed by atoms with Crippen LogP contribution in [0.15, 0.2) is 54.6 Å². The predicted octanol–water partition coefficient (Wildman–Crippen LogP) is 5.97. The van der Waals surface area contributed by atoms with Crippen LogP contribution < -0.4 is 4.74 Å². The molecule has 0 heterocycles. The second-order valence-electron chi connectivity index (χ2n) is 9.37. The first-order valence-corrected chi connectivity index (χ1v) is 11.9. The van der Waals surface area contributed by atoms with Gasteiger partial charge in [0.2, 0.25) is 0 Å². The van der Waals surface area contributed by atoms with Gasteiger partial charge in [0.15, 0.2) is 0 Å². The summed E-state index contributed by atoms with van der Waals surface area (Å²) in [5.41, 5.74) is 1.83. The highest BCUT2D eigenvalue weighted by Gasteiger charge is 2.21. The lowest BCUT2D eigenvalue weighted by atomic mass is 9.92. The van der Waals surface area contributed by atoms with Gasteiger partial charge in [-0.05, 0) is 58.2 Å². The number of carbonyl (C=O) groups is 2. The van der Waals surface area contributed by atoms with E-state index in [1.165, 1.54) is 0 Å². The summed E-state index contributed by atoms with van der Waals surface area (Å²) < 4.78 is 11.1. The highest BCUT2D eigenvalue weighted by Crippen LogP contribution is 2.26. The number of carbonyl (C=O) groups excluding carboxylic acids is 2. The summed E-state index contributed by atoms with van der Waals surface area (Å²) in [6, 6.07) is 18.2. The number of nitrogens with zero attached hydrogens (tertiary/aromatic N) is 1. The zero-order valence-electron chi connectivity index (χ0n) is 20.9. The van der Waals surface area contributed by atoms with Crippen molar-refractivity contribution in [3.05, 3.63) is 65.7 Å². The van der Waals surface area contributed by atoms with Gasteiger partial charge in [-0.3, -0.25) is 14.5 Å². The SMILES string of the molecule is CC(C)C(=O)Oc1ccccc1COC(=O)C[C@@H](CCN(C(C)C)C(C)C)c1ccccc1. The summed E-state index contributed by atoms with van der Waals surface area (Å²) in [4.78, 5) is 27.2. The highest BCUT2D eigenvalue weighted by molar-refractivity contribution is 5.75. The van der Waals surface area contributed by atoms with E-state index in [0.29, 0.717) is 29.8 Å². The van der Waals surface area contributed by atoms with E-state index in [1.54, 1.807) is 26.0 Å². The van der Waals surface area contributed by atoms with Gasteiger partial charge in [0.05, 0.1) is 12.3 Å². The normalized spacial score (nSPS) is 12.4. The Labute approximate surface area is 199 Å². The maximum absolute atomic E-state index is 12.8. The molecule has 0 radical (unpaired) electrons. The number of esters is 2. The summed E-state index contributed by atoms with van der Waals surface area (Å²) in [5.74, 6) is -0.281. The third-order valence-electron chi connectivity index (χ3n) is 5.79. The molecule has 33 heavy (non-hydrogen) atoms. The molecule has 1 atom stereocenters. The van der Waals surface area contributed by atoms with Crippen LogP contribution in [0.5, 0.6) is 5.75 Å². The van der Waals surface area contributed by atoms with Gasteiger partial charge >= 0.3 is 11.9 Å². The number of hydrogen-bond donors (Lipinski definition) is 0. The zero-order chi connectivity index (χ0) is 24.4. The number of ether oxygens (including phenoxy) is 2. The lowest BCUT2D eigenvalue weighted by Crippen LogP contribution is -2.38. The van der Waals surface area contributed by atoms with Crippen molar-refractivity contribution in [3.63, 3.8) is 0 Å². The van der Waals surface area contributed by atoms with E-state index in [4.69, 9.17) is 9.47 Å². The Morgan fingerprint density at radius 3 is 2.06 bits per heavy atom. The molecular formula is C28H39NO4. The molecule has 0 aromatic heterocycles. The summed E-state index contributed by atoms with van der Waals surface area (Å²) in [6.45, 7) is 13.4. The third kappa shape index (κ3) is 8.65. The van der Waals surface area contributed by atoms with E-state index < -0.39 is 0 Å². The minimum atomic E-state index is -0.308. The van der Waals surface area contributed by atoms with Gasteiger partial charge in [0, 0.05) is 17.6 Å². The first kappa shape index (κ1) is 26.6. The van der Waals surface area contributed by atoms with Crippen LogP contribution in [0.2, 0.25) is 0 Å². The zero-order valence-corrected chi connectivity index (χ0v) is 20.9. The Kier molecular flexibility index (Phi) is 10.6. The monoisotopic (exact) mass is 453 g/mol. The van der Waals surface area contributed by atoms with Crippen molar-refractivity contribution in [2.24, 2.45) is 5.92 Å². The first-order chi connectivity index (χ1) is 15.7. The molecule has 0 unspecified atom stereocenters. The highest BCUT2D eigenvalue weighted by atomic mass is 16.5. The molecule has 0 fully saturated rings. The van der Waals surface area contributed by atoms with Crippen LogP contribution in [-0.4, -0.2) is 35.5 Å². The molecule has 0 spiro atoms. The number of hydrogen-bond acceptors (Lipinski definition) is 5. The molecule has 2 rings (SSSR count). The van der Waals surface area contributed by atoms with Crippen LogP contribution in [0.3, 0.4) is 0 Å². The number of rotatable bonds is 12. The fourth-order valence-corrected chi connectivity index (χ4v) is 3.90. The lowest BCUT2D eigenvalue weighted by Gasteiger charge is -2.32. The molecule has 2 aromatic rings. The van der Waals surface area contributed by atoms with Crippen LogP contribution in [-0.2, 0) is 20.9 Å². The second kappa shape index (κ2) is 13.1. The Morgan fingerprint density at radius 2 is 1.45 bits per heavy atom. The van der Waals surface area contributed by atoms with E-state index in [0.717, 1.165) is 18.5 Å². The molecule has 0 saturated heterocycles. The average Bonchev–Trinajstić information content (AvgIpc) is 2.77. The molecule has 2 aromatic carbocycles. The first-order valence-electron chi connectivity index (χ1n) is 11.9. The van der Waals surface area contributed by atoms with Gasteiger partial charge in [-0.15, -0.1) is 0 Å². The largest absolute Gasteiger partial charge is 0.461 e. The van der Waals surface area contributed by atoms with E-state index in [9.17, 15) is 9.59 Å². The number of para-hydroxylation sites is 1. The van der Waals surface area contributed by atoms with Crippen LogP contribution >= 0.6 is 0 Å². The fraction of sp³-hybridized carbons (Fsp3) is 0.500. The number of benzene rings is 2. The summed E-state index contributed by atoms with van der Waals surface area (Å²) in [7, 11) is 0. The minimum Gasteiger partial charge on any atom is -0.461 e. The summed E-state index contributed by atoms with van der Waals surface area (Å²) >= 11 is 0. The standard InChI is InChI=1S/C28H39NO4/c1-20(2)28(31)33-26-15-11-10-14-25(26)19-32-27(30)18-24(23-12-8-7-9-13-23)16-17-29(21(3)4)22(5)6/h7-15,20-22,24H,16-19H2,1-6H3/t24-/m1/s1. The van der Waals surface area contributed by atoms with Gasteiger partial charge in [-0.1, -0.05) is 62.4 Å². The van der Waals surface area contributed by atoms with Gasteiger partial charge in [0.1, 0.15) is 12.4 Å². The molecule has 0 aliphatic heterocycles. The second-order valence-corrected chi connectivity index (χ2v) is 9.37. The van der Waals surface area contributed by atoms with Gasteiger partial charge < -0.3 is 9.47 Å². The average molecular weight is 454 g/mol. The molecule has 0 bridgehead atoms. The van der Waals surface area contributed by atoms with Crippen molar-refractivity contribution in [3.8, 4) is 5.75 Å². The van der Waals surface area contributed by atoms with Crippen molar-refractivity contribution in [2.45, 2.75) is 79.0 Å². The van der Waals surface area contributed by atoms with Gasteiger partial charge in [0.25, 0.3) is 0 Å². The molecular weight excluding hydrogens is 414 g/mol. The molecule has 0 amide bonds. The van der Waals surface area contributed by atoms with E-state index in [-0.39, 0.29) is 30.4 Å². The quantitative estimate of drug-likeness (QED) is 0.292. The van der Waals surface area contributed by atoms with Gasteiger partial charge in [-0.2, -0.15) is 0 Å². The van der Waals surface area contributed by atoms with Crippen molar-refractivity contribution in [2.75, 3.05) is 6.54 Å². The Morgan fingerprint density at radius 1 is 0.848 bits per heavy atom. The molecule has 5 heteroatoms. The predicted molar refractivity (Wildman–Crippen MR) is 132 cm³/mol. The molecule has 0 aliphatic carbocycles. The topological polar surface area (TPSA) is 55.8 Å². The fourth-order valence-electron chi connectivity index (χ4n) is 3.90. The molecule has 0 N–H and O–H groups in total. The van der Waals surface area contributed by atoms with Crippen LogP contribution in [0.25, 0.3) is 0 Å². The Bertz CT molecular complexity index is 868. The van der Waals surface area contributed by atoms with Crippen molar-refractivity contribution < 1.29 is 19.1 Å². The summed E-state index contributed by atoms with van der Waals surface area (Å²) in [6.07, 6.45) is 1.18. The van der Waals surface area contributed by atoms with E-state index >= 15 is 0 Å². The maximum Gasteiger partial charge on any atom is 0.313 e. The van der Waals surface area contributed by atoms with Crippen LogP contribution in [0, 0.1) is 5.92 Å². The minimum absolute atomic E-state index is 0.0754. The molecule has 180 valence electrons. The van der Waals surface area contributed by atoms with Crippen LogP contribution in [0.4, 0.5) is 0 Å². The summed E-state index contributed by atoms with van der Waals surface area (Å²) in [5, 5.41) is 0. The smallest absolute Gasteiger partial charge is 0.313 e. The lowest BCUT2D eigenvalue weighted by molar-refractivity contribution is -0.145. The third-order valence-corrected chi connectivity index (χ3v) is 5.79. The molecule has 0 saturated carbocycles. The molecule has 5 nitrogen and oxygen atoms in total. The van der Waals surface area contributed by atoms with E-state index in [1.807, 2.05) is 30.3 Å². The maximum atomic E-state index is 12.8. The van der Waals surface area contributed by atoms with Crippen molar-refractivity contribution in [1.29, 1.82) is 0 Å². The van der Waals surface area contributed by atoms with Crippen LogP contribution in [0.1, 0.15) is 71.4 Å². The van der Waals surface area contributed by atoms with E-state index in [2.05, 4.69) is 44.7 Å². The van der Waals surface area contributed by atoms with Gasteiger partial charge in [-0.25, -0.2) is 0 Å². The Hall–Kier alpha value is -2.66. The Balaban J connectivity index is 2.04. The van der Waals surface area contributed by atoms with Crippen molar-refractivity contribution >= 4 is 11.9 Å². The van der Waals surface area contributed by atoms with Crippen molar-refractivity contribution in [1.82, 2.24) is 4.90 Å². The molecule has 0 aliphatic rings.